The molecule has 0 spiro atoms. The van der Waals surface area contributed by atoms with Crippen LogP contribution in [0.4, 0.5) is 4.39 Å². The summed E-state index contributed by atoms with van der Waals surface area (Å²) in [5.41, 5.74) is 0.250. The van der Waals surface area contributed by atoms with Crippen molar-refractivity contribution in [3.8, 4) is 0 Å². The standard InChI is InChI=1S/C16H23ClFN3O/c1-19-7-9-21(10-8-19)12-14-5-3-13(4-6-14)11-20(2)16(22)15(17)18/h3-6,15H,7-12H2,1-2H3. The Kier molecular flexibility index (Phi) is 6.17. The lowest BCUT2D eigenvalue weighted by atomic mass is 10.1. The lowest BCUT2D eigenvalue weighted by molar-refractivity contribution is -0.132. The van der Waals surface area contributed by atoms with Crippen molar-refractivity contribution in [3.05, 3.63) is 35.4 Å². The van der Waals surface area contributed by atoms with E-state index in [1.165, 1.54) is 10.5 Å². The molecule has 1 aliphatic rings. The molecule has 0 bridgehead atoms. The molecule has 22 heavy (non-hydrogen) atoms. The average Bonchev–Trinajstić information content (AvgIpc) is 2.50. The maximum atomic E-state index is 12.8. The molecule has 2 rings (SSSR count). The number of amides is 1. The number of carbonyl (C=O) groups is 1. The zero-order chi connectivity index (χ0) is 16.1. The quantitative estimate of drug-likeness (QED) is 0.773. The molecule has 0 radical (unpaired) electrons. The number of hydrogen-bond acceptors (Lipinski definition) is 3. The molecule has 0 N–H and O–H groups in total. The second-order valence-corrected chi connectivity index (χ2v) is 6.27. The van der Waals surface area contributed by atoms with Crippen molar-refractivity contribution in [2.24, 2.45) is 0 Å². The van der Waals surface area contributed by atoms with Gasteiger partial charge in [-0.2, -0.15) is 0 Å². The number of benzene rings is 1. The number of alkyl halides is 2. The fraction of sp³-hybridized carbons (Fsp3) is 0.562. The number of rotatable bonds is 5. The van der Waals surface area contributed by atoms with Gasteiger partial charge < -0.3 is 9.80 Å². The van der Waals surface area contributed by atoms with E-state index in [-0.39, 0.29) is 0 Å². The van der Waals surface area contributed by atoms with Gasteiger partial charge in [0.2, 0.25) is 0 Å². The van der Waals surface area contributed by atoms with E-state index in [0.29, 0.717) is 6.54 Å². The predicted octanol–water partition coefficient (Wildman–Crippen LogP) is 1.93. The fourth-order valence-electron chi connectivity index (χ4n) is 2.53. The Labute approximate surface area is 136 Å². The first-order chi connectivity index (χ1) is 10.5. The number of halogens is 2. The van der Waals surface area contributed by atoms with E-state index in [1.807, 2.05) is 12.1 Å². The second-order valence-electron chi connectivity index (χ2n) is 5.89. The number of likely N-dealkylation sites (N-methyl/N-ethyl adjacent to an activating group) is 1. The Morgan fingerprint density at radius 1 is 1.23 bits per heavy atom. The molecule has 1 fully saturated rings. The van der Waals surface area contributed by atoms with Crippen molar-refractivity contribution in [2.75, 3.05) is 40.3 Å². The van der Waals surface area contributed by atoms with E-state index < -0.39 is 11.5 Å². The molecular formula is C16H23ClFN3O. The fourth-order valence-corrected chi connectivity index (χ4v) is 2.70. The van der Waals surface area contributed by atoms with Gasteiger partial charge >= 0.3 is 0 Å². The third-order valence-electron chi connectivity index (χ3n) is 4.01. The molecule has 1 heterocycles. The van der Waals surface area contributed by atoms with Crippen LogP contribution in [0.5, 0.6) is 0 Å². The van der Waals surface area contributed by atoms with Crippen molar-refractivity contribution >= 4 is 17.5 Å². The lowest BCUT2D eigenvalue weighted by Gasteiger charge is -2.32. The van der Waals surface area contributed by atoms with E-state index in [4.69, 9.17) is 11.6 Å². The van der Waals surface area contributed by atoms with Crippen LogP contribution in [0, 0.1) is 0 Å². The summed E-state index contributed by atoms with van der Waals surface area (Å²) in [4.78, 5) is 17.5. The van der Waals surface area contributed by atoms with Gasteiger partial charge in [0.25, 0.3) is 11.5 Å². The molecule has 1 saturated heterocycles. The molecule has 1 atom stereocenters. The summed E-state index contributed by atoms with van der Waals surface area (Å²) in [5, 5.41) is 0. The Morgan fingerprint density at radius 2 is 1.77 bits per heavy atom. The first kappa shape index (κ1) is 17.2. The first-order valence-corrected chi connectivity index (χ1v) is 7.91. The Balaban J connectivity index is 1.86. The zero-order valence-corrected chi connectivity index (χ0v) is 13.9. The summed E-state index contributed by atoms with van der Waals surface area (Å²) >= 11 is 5.17. The largest absolute Gasteiger partial charge is 0.338 e. The number of carbonyl (C=O) groups excluding carboxylic acids is 1. The molecule has 1 aromatic rings. The van der Waals surface area contributed by atoms with Crippen LogP contribution < -0.4 is 0 Å². The molecule has 6 heteroatoms. The highest BCUT2D eigenvalue weighted by atomic mass is 35.5. The van der Waals surface area contributed by atoms with Gasteiger partial charge in [-0.25, -0.2) is 4.39 Å². The molecular weight excluding hydrogens is 305 g/mol. The van der Waals surface area contributed by atoms with Gasteiger partial charge in [-0.1, -0.05) is 35.9 Å². The van der Waals surface area contributed by atoms with Gasteiger partial charge in [0.15, 0.2) is 0 Å². The highest BCUT2D eigenvalue weighted by Crippen LogP contribution is 2.12. The predicted molar refractivity (Wildman–Crippen MR) is 86.4 cm³/mol. The van der Waals surface area contributed by atoms with Crippen molar-refractivity contribution in [1.29, 1.82) is 0 Å². The number of nitrogens with zero attached hydrogens (tertiary/aromatic N) is 3. The Bertz CT molecular complexity index is 487. The highest BCUT2D eigenvalue weighted by Gasteiger charge is 2.18. The summed E-state index contributed by atoms with van der Waals surface area (Å²) in [6, 6.07) is 8.10. The minimum Gasteiger partial charge on any atom is -0.338 e. The van der Waals surface area contributed by atoms with Gasteiger partial charge in [0.1, 0.15) is 0 Å². The van der Waals surface area contributed by atoms with E-state index >= 15 is 0 Å². The van der Waals surface area contributed by atoms with Crippen LogP contribution in [-0.2, 0) is 17.9 Å². The summed E-state index contributed by atoms with van der Waals surface area (Å²) in [6.45, 7) is 5.69. The topological polar surface area (TPSA) is 26.8 Å². The molecule has 4 nitrogen and oxygen atoms in total. The number of hydrogen-bond donors (Lipinski definition) is 0. The molecule has 0 aliphatic carbocycles. The van der Waals surface area contributed by atoms with Gasteiger partial charge in [0.05, 0.1) is 0 Å². The normalized spacial score (nSPS) is 18.2. The van der Waals surface area contributed by atoms with Crippen molar-refractivity contribution in [1.82, 2.24) is 14.7 Å². The maximum absolute atomic E-state index is 12.8. The lowest BCUT2D eigenvalue weighted by Crippen LogP contribution is -2.43. The minimum absolute atomic E-state index is 0.362. The molecule has 0 aromatic heterocycles. The molecule has 1 amide bonds. The monoisotopic (exact) mass is 327 g/mol. The average molecular weight is 328 g/mol. The molecule has 0 saturated carbocycles. The Hall–Kier alpha value is -1.17. The Morgan fingerprint density at radius 3 is 2.32 bits per heavy atom. The first-order valence-electron chi connectivity index (χ1n) is 7.47. The third-order valence-corrected chi connectivity index (χ3v) is 4.19. The van der Waals surface area contributed by atoms with E-state index in [9.17, 15) is 9.18 Å². The number of piperazine rings is 1. The summed E-state index contributed by atoms with van der Waals surface area (Å²) in [5.74, 6) is -0.705. The van der Waals surface area contributed by atoms with Gasteiger partial charge in [-0.05, 0) is 18.2 Å². The third kappa shape index (κ3) is 4.93. The molecule has 1 aliphatic heterocycles. The summed E-state index contributed by atoms with van der Waals surface area (Å²) in [7, 11) is 3.70. The van der Waals surface area contributed by atoms with Crippen LogP contribution >= 0.6 is 11.6 Å². The zero-order valence-electron chi connectivity index (χ0n) is 13.1. The molecule has 1 aromatic carbocycles. The van der Waals surface area contributed by atoms with Crippen LogP contribution in [-0.4, -0.2) is 66.5 Å². The highest BCUT2D eigenvalue weighted by molar-refractivity contribution is 6.29. The van der Waals surface area contributed by atoms with Crippen molar-refractivity contribution in [2.45, 2.75) is 18.7 Å². The van der Waals surface area contributed by atoms with E-state index in [2.05, 4.69) is 29.0 Å². The van der Waals surface area contributed by atoms with Crippen LogP contribution in [0.15, 0.2) is 24.3 Å². The SMILES string of the molecule is CN1CCN(Cc2ccc(CN(C)C(=O)C(F)Cl)cc2)CC1. The minimum atomic E-state index is -1.97. The van der Waals surface area contributed by atoms with Crippen LogP contribution in [0.3, 0.4) is 0 Å². The molecule has 122 valence electrons. The van der Waals surface area contributed by atoms with Crippen LogP contribution in [0.1, 0.15) is 11.1 Å². The van der Waals surface area contributed by atoms with Crippen molar-refractivity contribution < 1.29 is 9.18 Å². The summed E-state index contributed by atoms with van der Waals surface area (Å²) in [6.07, 6.45) is 0. The second kappa shape index (κ2) is 7.90. The van der Waals surface area contributed by atoms with Gasteiger partial charge in [-0.15, -0.1) is 0 Å². The van der Waals surface area contributed by atoms with Crippen LogP contribution in [0.25, 0.3) is 0 Å². The van der Waals surface area contributed by atoms with Crippen molar-refractivity contribution in [3.63, 3.8) is 0 Å². The maximum Gasteiger partial charge on any atom is 0.272 e. The van der Waals surface area contributed by atoms with Crippen LogP contribution in [0.2, 0.25) is 0 Å². The van der Waals surface area contributed by atoms with Gasteiger partial charge in [0, 0.05) is 46.3 Å². The smallest absolute Gasteiger partial charge is 0.272 e. The summed E-state index contributed by atoms with van der Waals surface area (Å²) < 4.78 is 12.8. The van der Waals surface area contributed by atoms with E-state index in [1.54, 1.807) is 7.05 Å². The molecule has 1 unspecified atom stereocenters. The van der Waals surface area contributed by atoms with E-state index in [0.717, 1.165) is 38.3 Å². The van der Waals surface area contributed by atoms with Gasteiger partial charge in [-0.3, -0.25) is 9.69 Å².